The van der Waals surface area contributed by atoms with Gasteiger partial charge in [-0.2, -0.15) is 0 Å². The number of rotatable bonds is 4. The Kier molecular flexibility index (Phi) is 3.82. The molecule has 0 aliphatic heterocycles. The second kappa shape index (κ2) is 4.91. The molecule has 1 amide bonds. The van der Waals surface area contributed by atoms with Crippen LogP contribution in [0.5, 0.6) is 0 Å². The molecular weight excluding hydrogens is 192 g/mol. The highest BCUT2D eigenvalue weighted by atomic mass is 16.2. The summed E-state index contributed by atoms with van der Waals surface area (Å²) >= 11 is 0. The Balaban J connectivity index is 2.58. The third kappa shape index (κ3) is 3.34. The van der Waals surface area contributed by atoms with Gasteiger partial charge in [0.05, 0.1) is 0 Å². The molecule has 1 heterocycles. The van der Waals surface area contributed by atoms with Crippen LogP contribution in [0.3, 0.4) is 0 Å². The number of hydrogen-bond acceptors (Lipinski definition) is 3. The molecule has 0 aliphatic carbocycles. The Hall–Kier alpha value is -1.39. The molecule has 0 aliphatic rings. The summed E-state index contributed by atoms with van der Waals surface area (Å²) in [5, 5.41) is 9.39. The minimum atomic E-state index is -0.216. The predicted octanol–water partition coefficient (Wildman–Crippen LogP) is 1.31. The SMILES string of the molecule is CC(C)CNC(=O)c1n[nH]c(C(C)C)n1. The lowest BCUT2D eigenvalue weighted by Gasteiger charge is -2.04. The van der Waals surface area contributed by atoms with Gasteiger partial charge in [-0.15, -0.1) is 5.10 Å². The van der Waals surface area contributed by atoms with E-state index in [0.29, 0.717) is 12.5 Å². The molecule has 0 saturated heterocycles. The number of nitrogens with one attached hydrogen (secondary N) is 2. The first kappa shape index (κ1) is 11.7. The highest BCUT2D eigenvalue weighted by Gasteiger charge is 2.13. The molecule has 15 heavy (non-hydrogen) atoms. The lowest BCUT2D eigenvalue weighted by Crippen LogP contribution is -2.28. The van der Waals surface area contributed by atoms with Gasteiger partial charge in [-0.05, 0) is 5.92 Å². The van der Waals surface area contributed by atoms with Gasteiger partial charge in [0.15, 0.2) is 0 Å². The number of carbonyl (C=O) groups is 1. The molecule has 0 unspecified atom stereocenters. The second-order valence-electron chi connectivity index (χ2n) is 4.30. The van der Waals surface area contributed by atoms with E-state index in [4.69, 9.17) is 0 Å². The molecule has 5 heteroatoms. The van der Waals surface area contributed by atoms with Crippen LogP contribution in [0.15, 0.2) is 0 Å². The van der Waals surface area contributed by atoms with Crippen LogP contribution in [-0.4, -0.2) is 27.6 Å². The van der Waals surface area contributed by atoms with Gasteiger partial charge in [0.2, 0.25) is 5.82 Å². The first-order chi connectivity index (χ1) is 7.00. The summed E-state index contributed by atoms with van der Waals surface area (Å²) in [6, 6.07) is 0. The highest BCUT2D eigenvalue weighted by molar-refractivity contribution is 5.90. The first-order valence-corrected chi connectivity index (χ1v) is 5.21. The number of H-pyrrole nitrogens is 1. The van der Waals surface area contributed by atoms with E-state index in [2.05, 4.69) is 20.5 Å². The van der Waals surface area contributed by atoms with Gasteiger partial charge in [0, 0.05) is 12.5 Å². The second-order valence-corrected chi connectivity index (χ2v) is 4.30. The van der Waals surface area contributed by atoms with Crippen LogP contribution in [0.25, 0.3) is 0 Å². The summed E-state index contributed by atoms with van der Waals surface area (Å²) in [5.41, 5.74) is 0. The highest BCUT2D eigenvalue weighted by Crippen LogP contribution is 2.07. The minimum absolute atomic E-state index is 0.216. The monoisotopic (exact) mass is 210 g/mol. The molecule has 0 bridgehead atoms. The molecule has 0 aromatic carbocycles. The van der Waals surface area contributed by atoms with Gasteiger partial charge in [0.25, 0.3) is 5.91 Å². The minimum Gasteiger partial charge on any atom is -0.349 e. The quantitative estimate of drug-likeness (QED) is 0.787. The van der Waals surface area contributed by atoms with Crippen molar-refractivity contribution >= 4 is 5.91 Å². The number of aromatic amines is 1. The van der Waals surface area contributed by atoms with Crippen molar-refractivity contribution in [2.45, 2.75) is 33.6 Å². The topological polar surface area (TPSA) is 70.7 Å². The third-order valence-electron chi connectivity index (χ3n) is 1.92. The lowest BCUT2D eigenvalue weighted by molar-refractivity contribution is 0.0939. The van der Waals surface area contributed by atoms with Crippen molar-refractivity contribution in [2.24, 2.45) is 5.92 Å². The summed E-state index contributed by atoms with van der Waals surface area (Å²) in [4.78, 5) is 15.6. The van der Waals surface area contributed by atoms with Crippen LogP contribution in [0.1, 0.15) is 50.1 Å². The molecule has 1 rings (SSSR count). The maximum absolute atomic E-state index is 11.5. The van der Waals surface area contributed by atoms with E-state index in [0.717, 1.165) is 5.82 Å². The van der Waals surface area contributed by atoms with Crippen LogP contribution >= 0.6 is 0 Å². The van der Waals surface area contributed by atoms with E-state index in [1.807, 2.05) is 27.7 Å². The van der Waals surface area contributed by atoms with E-state index < -0.39 is 0 Å². The first-order valence-electron chi connectivity index (χ1n) is 5.21. The summed E-state index contributed by atoms with van der Waals surface area (Å²) < 4.78 is 0. The van der Waals surface area contributed by atoms with Crippen LogP contribution in [0, 0.1) is 5.92 Å². The molecule has 0 fully saturated rings. The van der Waals surface area contributed by atoms with Crippen LogP contribution < -0.4 is 5.32 Å². The lowest BCUT2D eigenvalue weighted by atomic mass is 10.2. The van der Waals surface area contributed by atoms with Gasteiger partial charge in [0.1, 0.15) is 5.82 Å². The summed E-state index contributed by atoms with van der Waals surface area (Å²) in [7, 11) is 0. The number of hydrogen-bond donors (Lipinski definition) is 2. The van der Waals surface area contributed by atoms with Crippen molar-refractivity contribution in [1.82, 2.24) is 20.5 Å². The Bertz CT molecular complexity index is 330. The molecule has 0 radical (unpaired) electrons. The van der Waals surface area contributed by atoms with E-state index >= 15 is 0 Å². The van der Waals surface area contributed by atoms with Crippen molar-refractivity contribution in [3.05, 3.63) is 11.6 Å². The Morgan fingerprint density at radius 3 is 2.53 bits per heavy atom. The summed E-state index contributed by atoms with van der Waals surface area (Å²) in [5.74, 6) is 1.43. The van der Waals surface area contributed by atoms with Gasteiger partial charge in [-0.1, -0.05) is 27.7 Å². The van der Waals surface area contributed by atoms with Crippen molar-refractivity contribution < 1.29 is 4.79 Å². The molecule has 0 spiro atoms. The van der Waals surface area contributed by atoms with E-state index in [-0.39, 0.29) is 17.6 Å². The summed E-state index contributed by atoms with van der Waals surface area (Å²) in [6.07, 6.45) is 0. The van der Waals surface area contributed by atoms with Crippen LogP contribution in [0.2, 0.25) is 0 Å². The molecule has 5 nitrogen and oxygen atoms in total. The molecule has 2 N–H and O–H groups in total. The van der Waals surface area contributed by atoms with Gasteiger partial charge >= 0.3 is 0 Å². The number of carbonyl (C=O) groups excluding carboxylic acids is 1. The van der Waals surface area contributed by atoms with E-state index in [1.165, 1.54) is 0 Å². The average Bonchev–Trinajstić information content (AvgIpc) is 2.62. The van der Waals surface area contributed by atoms with Gasteiger partial charge < -0.3 is 5.32 Å². The molecule has 1 aromatic rings. The molecule has 1 aromatic heterocycles. The smallest absolute Gasteiger partial charge is 0.290 e. The van der Waals surface area contributed by atoms with Crippen LogP contribution in [-0.2, 0) is 0 Å². The zero-order valence-electron chi connectivity index (χ0n) is 9.66. The molecule has 0 saturated carbocycles. The maximum atomic E-state index is 11.5. The fourth-order valence-electron chi connectivity index (χ4n) is 1.01. The maximum Gasteiger partial charge on any atom is 0.290 e. The molecule has 0 atom stereocenters. The molecule has 84 valence electrons. The number of nitrogens with zero attached hydrogens (tertiary/aromatic N) is 2. The van der Waals surface area contributed by atoms with Gasteiger partial charge in [-0.3, -0.25) is 9.89 Å². The van der Waals surface area contributed by atoms with E-state index in [9.17, 15) is 4.79 Å². The van der Waals surface area contributed by atoms with Gasteiger partial charge in [-0.25, -0.2) is 4.98 Å². The van der Waals surface area contributed by atoms with Crippen molar-refractivity contribution in [3.8, 4) is 0 Å². The fraction of sp³-hybridized carbons (Fsp3) is 0.700. The Morgan fingerprint density at radius 2 is 2.07 bits per heavy atom. The van der Waals surface area contributed by atoms with Crippen molar-refractivity contribution in [3.63, 3.8) is 0 Å². The van der Waals surface area contributed by atoms with Crippen LogP contribution in [0.4, 0.5) is 0 Å². The zero-order valence-corrected chi connectivity index (χ0v) is 9.66. The standard InChI is InChI=1S/C10H18N4O/c1-6(2)5-11-10(15)9-12-8(7(3)4)13-14-9/h6-7H,5H2,1-4H3,(H,11,15)(H,12,13,14). The average molecular weight is 210 g/mol. The summed E-state index contributed by atoms with van der Waals surface area (Å²) in [6.45, 7) is 8.71. The fourth-order valence-corrected chi connectivity index (χ4v) is 1.01. The van der Waals surface area contributed by atoms with Crippen molar-refractivity contribution in [2.75, 3.05) is 6.54 Å². The third-order valence-corrected chi connectivity index (χ3v) is 1.92. The largest absolute Gasteiger partial charge is 0.349 e. The normalized spacial score (nSPS) is 11.1. The molecular formula is C10H18N4O. The number of aromatic nitrogens is 3. The zero-order chi connectivity index (χ0) is 11.4. The Labute approximate surface area is 89.7 Å². The Morgan fingerprint density at radius 1 is 1.40 bits per heavy atom. The number of amides is 1. The van der Waals surface area contributed by atoms with Crippen molar-refractivity contribution in [1.29, 1.82) is 0 Å². The van der Waals surface area contributed by atoms with E-state index in [1.54, 1.807) is 0 Å². The predicted molar refractivity (Wildman–Crippen MR) is 57.6 cm³/mol.